The second-order valence-electron chi connectivity index (χ2n) is 4.70. The summed E-state index contributed by atoms with van der Waals surface area (Å²) < 4.78 is 27.7. The first-order valence-corrected chi connectivity index (χ1v) is 5.90. The molecule has 5 heteroatoms. The zero-order valence-electron chi connectivity index (χ0n) is 9.75. The molecule has 1 fully saturated rings. The van der Waals surface area contributed by atoms with E-state index in [4.69, 9.17) is 0 Å². The van der Waals surface area contributed by atoms with Gasteiger partial charge in [0.25, 0.3) is 0 Å². The molecule has 0 bridgehead atoms. The minimum Gasteiger partial charge on any atom is -0.505 e. The summed E-state index contributed by atoms with van der Waals surface area (Å²) >= 11 is 0. The van der Waals surface area contributed by atoms with Crippen LogP contribution in [0.25, 0.3) is 0 Å². The highest BCUT2D eigenvalue weighted by Gasteiger charge is 2.45. The molecule has 0 saturated heterocycles. The second-order valence-corrected chi connectivity index (χ2v) is 4.70. The van der Waals surface area contributed by atoms with Gasteiger partial charge in [-0.05, 0) is 25.0 Å². The van der Waals surface area contributed by atoms with Crippen molar-refractivity contribution >= 4 is 5.97 Å². The SMILES string of the molecule is O=C(O)C1(c2c(F)ccc(O)c2F)CCCCC1. The molecule has 0 aliphatic heterocycles. The van der Waals surface area contributed by atoms with Crippen molar-refractivity contribution in [2.45, 2.75) is 37.5 Å². The van der Waals surface area contributed by atoms with E-state index in [2.05, 4.69) is 0 Å². The largest absolute Gasteiger partial charge is 0.505 e. The van der Waals surface area contributed by atoms with Crippen molar-refractivity contribution in [3.63, 3.8) is 0 Å². The monoisotopic (exact) mass is 256 g/mol. The predicted octanol–water partition coefficient (Wildman–Crippen LogP) is 2.96. The number of carboxylic acids is 1. The van der Waals surface area contributed by atoms with Crippen LogP contribution in [0, 0.1) is 11.6 Å². The molecule has 2 N–H and O–H groups in total. The Labute approximate surface area is 103 Å². The lowest BCUT2D eigenvalue weighted by atomic mass is 9.69. The average Bonchev–Trinajstić information content (AvgIpc) is 2.35. The highest BCUT2D eigenvalue weighted by molar-refractivity contribution is 5.82. The molecule has 98 valence electrons. The number of rotatable bonds is 2. The van der Waals surface area contributed by atoms with Gasteiger partial charge in [0.1, 0.15) is 5.82 Å². The number of aliphatic carboxylic acids is 1. The molecule has 1 aliphatic rings. The van der Waals surface area contributed by atoms with E-state index >= 15 is 0 Å². The first kappa shape index (κ1) is 12.8. The average molecular weight is 256 g/mol. The molecule has 2 rings (SSSR count). The van der Waals surface area contributed by atoms with Crippen molar-refractivity contribution in [1.82, 2.24) is 0 Å². The zero-order valence-corrected chi connectivity index (χ0v) is 9.75. The van der Waals surface area contributed by atoms with Crippen LogP contribution in [0.1, 0.15) is 37.7 Å². The maximum atomic E-state index is 13.9. The number of carbonyl (C=O) groups is 1. The maximum Gasteiger partial charge on any atom is 0.314 e. The summed E-state index contributed by atoms with van der Waals surface area (Å²) in [5.41, 5.74) is -2.06. The number of phenols is 1. The molecule has 0 aromatic heterocycles. The summed E-state index contributed by atoms with van der Waals surface area (Å²) in [5.74, 6) is -4.00. The molecule has 0 spiro atoms. The van der Waals surface area contributed by atoms with Gasteiger partial charge in [-0.25, -0.2) is 8.78 Å². The van der Waals surface area contributed by atoms with E-state index in [-0.39, 0.29) is 12.8 Å². The lowest BCUT2D eigenvalue weighted by Crippen LogP contribution is -2.39. The van der Waals surface area contributed by atoms with Crippen LogP contribution < -0.4 is 0 Å². The van der Waals surface area contributed by atoms with Crippen LogP contribution in [0.2, 0.25) is 0 Å². The third-order valence-electron chi connectivity index (χ3n) is 3.67. The van der Waals surface area contributed by atoms with E-state index in [1.807, 2.05) is 0 Å². The van der Waals surface area contributed by atoms with Crippen molar-refractivity contribution in [2.75, 3.05) is 0 Å². The molecule has 0 atom stereocenters. The number of phenolic OH excluding ortho intramolecular Hbond substituents is 1. The van der Waals surface area contributed by atoms with E-state index < -0.39 is 34.3 Å². The molecule has 18 heavy (non-hydrogen) atoms. The van der Waals surface area contributed by atoms with Gasteiger partial charge in [-0.2, -0.15) is 0 Å². The fraction of sp³-hybridized carbons (Fsp3) is 0.462. The van der Waals surface area contributed by atoms with E-state index in [0.29, 0.717) is 12.8 Å². The molecule has 1 saturated carbocycles. The van der Waals surface area contributed by atoms with E-state index in [9.17, 15) is 23.8 Å². The molecule has 0 unspecified atom stereocenters. The van der Waals surface area contributed by atoms with Gasteiger partial charge in [0.15, 0.2) is 11.6 Å². The van der Waals surface area contributed by atoms with Crippen molar-refractivity contribution < 1.29 is 23.8 Å². The van der Waals surface area contributed by atoms with Gasteiger partial charge in [-0.15, -0.1) is 0 Å². The molecule has 1 aromatic rings. The van der Waals surface area contributed by atoms with Crippen molar-refractivity contribution in [1.29, 1.82) is 0 Å². The first-order chi connectivity index (χ1) is 8.49. The molecular weight excluding hydrogens is 242 g/mol. The second kappa shape index (κ2) is 4.55. The Morgan fingerprint density at radius 1 is 1.17 bits per heavy atom. The molecule has 3 nitrogen and oxygen atoms in total. The standard InChI is InChI=1S/C13H14F2O3/c14-8-4-5-9(16)11(15)10(8)13(12(17)18)6-2-1-3-7-13/h4-5,16H,1-3,6-7H2,(H,17,18). The summed E-state index contributed by atoms with van der Waals surface area (Å²) in [6, 6.07) is 1.81. The molecule has 1 aromatic carbocycles. The Morgan fingerprint density at radius 3 is 2.33 bits per heavy atom. The predicted molar refractivity (Wildman–Crippen MR) is 60.4 cm³/mol. The molecular formula is C13H14F2O3. The van der Waals surface area contributed by atoms with E-state index in [1.54, 1.807) is 0 Å². The normalized spacial score (nSPS) is 18.6. The number of benzene rings is 1. The van der Waals surface area contributed by atoms with E-state index in [0.717, 1.165) is 18.6 Å². The smallest absolute Gasteiger partial charge is 0.314 e. The van der Waals surface area contributed by atoms with Crippen LogP contribution >= 0.6 is 0 Å². The van der Waals surface area contributed by atoms with Gasteiger partial charge in [0.05, 0.1) is 5.41 Å². The van der Waals surface area contributed by atoms with E-state index in [1.165, 1.54) is 0 Å². The zero-order chi connectivity index (χ0) is 13.3. The van der Waals surface area contributed by atoms with Gasteiger partial charge in [-0.3, -0.25) is 4.79 Å². The lowest BCUT2D eigenvalue weighted by Gasteiger charge is -2.34. The van der Waals surface area contributed by atoms with Gasteiger partial charge >= 0.3 is 5.97 Å². The van der Waals surface area contributed by atoms with Crippen LogP contribution in [0.3, 0.4) is 0 Å². The summed E-state index contributed by atoms with van der Waals surface area (Å²) in [5, 5.41) is 18.7. The Morgan fingerprint density at radius 2 is 1.78 bits per heavy atom. The topological polar surface area (TPSA) is 57.5 Å². The fourth-order valence-corrected chi connectivity index (χ4v) is 2.71. The highest BCUT2D eigenvalue weighted by Crippen LogP contribution is 2.43. The van der Waals surface area contributed by atoms with Gasteiger partial charge < -0.3 is 10.2 Å². The molecule has 0 radical (unpaired) electrons. The number of hydrogen-bond acceptors (Lipinski definition) is 2. The third kappa shape index (κ3) is 1.83. The summed E-state index contributed by atoms with van der Waals surface area (Å²) in [6.45, 7) is 0. The summed E-state index contributed by atoms with van der Waals surface area (Å²) in [6.07, 6.45) is 2.47. The van der Waals surface area contributed by atoms with Crippen molar-refractivity contribution in [3.8, 4) is 5.75 Å². The van der Waals surface area contributed by atoms with Crippen LogP contribution in [0.4, 0.5) is 8.78 Å². The minimum absolute atomic E-state index is 0.194. The molecule has 0 heterocycles. The minimum atomic E-state index is -1.55. The van der Waals surface area contributed by atoms with Crippen LogP contribution in [0.15, 0.2) is 12.1 Å². The lowest BCUT2D eigenvalue weighted by molar-refractivity contribution is -0.145. The number of aromatic hydroxyl groups is 1. The Kier molecular flexibility index (Phi) is 3.24. The Bertz CT molecular complexity index is 479. The fourth-order valence-electron chi connectivity index (χ4n) is 2.71. The summed E-state index contributed by atoms with van der Waals surface area (Å²) in [7, 11) is 0. The van der Waals surface area contributed by atoms with Gasteiger partial charge in [-0.1, -0.05) is 19.3 Å². The van der Waals surface area contributed by atoms with Crippen molar-refractivity contribution in [2.24, 2.45) is 0 Å². The quantitative estimate of drug-likeness (QED) is 0.855. The van der Waals surface area contributed by atoms with Crippen LogP contribution in [0.5, 0.6) is 5.75 Å². The number of hydrogen-bond donors (Lipinski definition) is 2. The first-order valence-electron chi connectivity index (χ1n) is 5.90. The van der Waals surface area contributed by atoms with Crippen molar-refractivity contribution in [3.05, 3.63) is 29.3 Å². The molecule has 0 amide bonds. The van der Waals surface area contributed by atoms with Gasteiger partial charge in [0, 0.05) is 5.56 Å². The Hall–Kier alpha value is -1.65. The highest BCUT2D eigenvalue weighted by atomic mass is 19.1. The third-order valence-corrected chi connectivity index (χ3v) is 3.67. The number of halogens is 2. The maximum absolute atomic E-state index is 13.9. The Balaban J connectivity index is 2.63. The van der Waals surface area contributed by atoms with Crippen LogP contribution in [-0.4, -0.2) is 16.2 Å². The molecule has 1 aliphatic carbocycles. The van der Waals surface area contributed by atoms with Crippen LogP contribution in [-0.2, 0) is 10.2 Å². The number of carboxylic acid groups (broad SMARTS) is 1. The summed E-state index contributed by atoms with van der Waals surface area (Å²) in [4.78, 5) is 11.5. The van der Waals surface area contributed by atoms with Gasteiger partial charge in [0.2, 0.25) is 0 Å².